The molecule has 2 bridgehead atoms. The maximum Gasteiger partial charge on any atom is 0.346 e. The first-order valence-electron chi connectivity index (χ1n) is 4.83. The summed E-state index contributed by atoms with van der Waals surface area (Å²) >= 11 is 0. The van der Waals surface area contributed by atoms with Gasteiger partial charge in [0.15, 0.2) is 0 Å². The van der Waals surface area contributed by atoms with Gasteiger partial charge in [-0.2, -0.15) is 0 Å². The zero-order chi connectivity index (χ0) is 11.7. The van der Waals surface area contributed by atoms with Crippen LogP contribution >= 0.6 is 0 Å². The zero-order valence-electron chi connectivity index (χ0n) is 8.94. The Bertz CT molecular complexity index is 500. The van der Waals surface area contributed by atoms with Crippen LogP contribution < -0.4 is 0 Å². The molecule has 0 fully saturated rings. The Morgan fingerprint density at radius 3 is 2.44 bits per heavy atom. The molecule has 2 aliphatic rings. The highest BCUT2D eigenvalue weighted by molar-refractivity contribution is 5.96. The first-order chi connectivity index (χ1) is 7.61. The van der Waals surface area contributed by atoms with E-state index in [-0.39, 0.29) is 5.95 Å². The Balaban J connectivity index is 2.56. The van der Waals surface area contributed by atoms with Gasteiger partial charge in [-0.05, 0) is 43.7 Å². The number of benzene rings is 1. The number of aryl methyl sites for hydroxylation is 1. The molecular formula is C12H10O4. The number of hydrogen-bond donors (Lipinski definition) is 0. The average molecular weight is 218 g/mol. The molecule has 0 unspecified atom stereocenters. The van der Waals surface area contributed by atoms with Crippen LogP contribution in [0.15, 0.2) is 30.2 Å². The number of esters is 2. The first-order valence-corrected chi connectivity index (χ1v) is 4.83. The van der Waals surface area contributed by atoms with Crippen LogP contribution in [0, 0.1) is 6.92 Å². The molecule has 0 saturated heterocycles. The molecule has 0 aliphatic carbocycles. The number of carbonyl (C=O) groups is 2. The monoisotopic (exact) mass is 218 g/mol. The number of hydrogen-bond acceptors (Lipinski definition) is 4. The normalized spacial score (nSPS) is 17.5. The second-order valence-electron chi connectivity index (χ2n) is 3.42. The van der Waals surface area contributed by atoms with E-state index in [0.717, 1.165) is 0 Å². The molecule has 0 radical (unpaired) electrons. The third-order valence-electron chi connectivity index (χ3n) is 2.30. The summed E-state index contributed by atoms with van der Waals surface area (Å²) in [6, 6.07) is 4.72. The van der Waals surface area contributed by atoms with Gasteiger partial charge in [0.25, 0.3) is 5.95 Å². The Morgan fingerprint density at radius 1 is 1.12 bits per heavy atom. The lowest BCUT2D eigenvalue weighted by Gasteiger charge is -2.05. The molecule has 4 heteroatoms. The van der Waals surface area contributed by atoms with Crippen LogP contribution in [-0.4, -0.2) is 11.9 Å². The van der Waals surface area contributed by atoms with Crippen LogP contribution in [0.1, 0.15) is 33.2 Å². The molecule has 16 heavy (non-hydrogen) atoms. The standard InChI is InChI=1S/C12H10O4/c1-3-10-15-11(13)8-4-5-9(7(2)6-8)12(14)16-10/h3-6H,1-2H3/b10-3+. The van der Waals surface area contributed by atoms with Crippen molar-refractivity contribution >= 4 is 11.9 Å². The van der Waals surface area contributed by atoms with E-state index in [1.54, 1.807) is 32.0 Å². The Hall–Kier alpha value is -2.10. The Kier molecular flexibility index (Phi) is 2.48. The highest BCUT2D eigenvalue weighted by Gasteiger charge is 2.21. The van der Waals surface area contributed by atoms with E-state index in [9.17, 15) is 9.59 Å². The van der Waals surface area contributed by atoms with Crippen LogP contribution in [0.3, 0.4) is 0 Å². The number of fused-ring (bicyclic) bond motifs is 6. The lowest BCUT2D eigenvalue weighted by atomic mass is 10.1. The van der Waals surface area contributed by atoms with Gasteiger partial charge in [0.2, 0.25) is 0 Å². The van der Waals surface area contributed by atoms with E-state index >= 15 is 0 Å². The SMILES string of the molecule is C/C=C1\OC(=O)c2ccc(c(C)c2)C(=O)O1. The molecule has 1 aromatic rings. The number of rotatable bonds is 0. The van der Waals surface area contributed by atoms with Crippen molar-refractivity contribution < 1.29 is 19.1 Å². The first kappa shape index (κ1) is 10.4. The highest BCUT2D eigenvalue weighted by Crippen LogP contribution is 2.19. The van der Waals surface area contributed by atoms with Gasteiger partial charge in [-0.15, -0.1) is 0 Å². The largest absolute Gasteiger partial charge is 0.389 e. The van der Waals surface area contributed by atoms with Crippen molar-refractivity contribution in [1.29, 1.82) is 0 Å². The summed E-state index contributed by atoms with van der Waals surface area (Å²) in [5.74, 6) is -1.14. The summed E-state index contributed by atoms with van der Waals surface area (Å²) in [7, 11) is 0. The molecule has 82 valence electrons. The molecule has 0 amide bonds. The molecule has 0 N–H and O–H groups in total. The van der Waals surface area contributed by atoms with Crippen molar-refractivity contribution in [2.24, 2.45) is 0 Å². The molecule has 1 aromatic carbocycles. The van der Waals surface area contributed by atoms with Crippen molar-refractivity contribution in [3.8, 4) is 0 Å². The predicted molar refractivity (Wildman–Crippen MR) is 55.8 cm³/mol. The third-order valence-corrected chi connectivity index (χ3v) is 2.30. The van der Waals surface area contributed by atoms with Gasteiger partial charge in [-0.25, -0.2) is 9.59 Å². The van der Waals surface area contributed by atoms with Crippen LogP contribution in [0.25, 0.3) is 0 Å². The van der Waals surface area contributed by atoms with Gasteiger partial charge < -0.3 is 9.47 Å². The molecule has 0 saturated carbocycles. The fourth-order valence-corrected chi connectivity index (χ4v) is 1.45. The van der Waals surface area contributed by atoms with Gasteiger partial charge in [0.1, 0.15) is 0 Å². The molecule has 3 rings (SSSR count). The summed E-state index contributed by atoms with van der Waals surface area (Å²) < 4.78 is 9.83. The maximum atomic E-state index is 11.7. The van der Waals surface area contributed by atoms with Crippen molar-refractivity contribution in [3.05, 3.63) is 46.9 Å². The maximum absolute atomic E-state index is 11.7. The summed E-state index contributed by atoms with van der Waals surface area (Å²) in [5, 5.41) is 0. The van der Waals surface area contributed by atoms with E-state index in [4.69, 9.17) is 9.47 Å². The lowest BCUT2D eigenvalue weighted by molar-refractivity contribution is 0.0238. The molecule has 0 spiro atoms. The summed E-state index contributed by atoms with van der Waals surface area (Å²) in [4.78, 5) is 23.3. The van der Waals surface area contributed by atoms with Gasteiger partial charge in [-0.1, -0.05) is 0 Å². The highest BCUT2D eigenvalue weighted by atomic mass is 16.7. The fraction of sp³-hybridized carbons (Fsp3) is 0.167. The Labute approximate surface area is 92.5 Å². The van der Waals surface area contributed by atoms with Crippen molar-refractivity contribution in [1.82, 2.24) is 0 Å². The Morgan fingerprint density at radius 2 is 1.81 bits per heavy atom. The van der Waals surface area contributed by atoms with Crippen LogP contribution in [0.2, 0.25) is 0 Å². The number of ether oxygens (including phenoxy) is 2. The van der Waals surface area contributed by atoms with E-state index in [1.165, 1.54) is 6.08 Å². The third kappa shape index (κ3) is 1.69. The minimum Gasteiger partial charge on any atom is -0.389 e. The quantitative estimate of drug-likeness (QED) is 0.626. The van der Waals surface area contributed by atoms with Crippen LogP contribution in [0.4, 0.5) is 0 Å². The average Bonchev–Trinajstić information content (AvgIpc) is 2.33. The summed E-state index contributed by atoms with van der Waals surface area (Å²) in [5.41, 5.74) is 1.53. The number of carbonyl (C=O) groups excluding carboxylic acids is 2. The smallest absolute Gasteiger partial charge is 0.346 e. The number of allylic oxidation sites excluding steroid dienone is 1. The molecule has 0 atom stereocenters. The zero-order valence-corrected chi connectivity index (χ0v) is 8.94. The topological polar surface area (TPSA) is 52.6 Å². The second kappa shape index (κ2) is 3.81. The van der Waals surface area contributed by atoms with Gasteiger partial charge in [-0.3, -0.25) is 0 Å². The molecule has 2 aliphatic heterocycles. The van der Waals surface area contributed by atoms with E-state index in [1.807, 2.05) is 0 Å². The molecule has 4 nitrogen and oxygen atoms in total. The van der Waals surface area contributed by atoms with E-state index < -0.39 is 11.9 Å². The van der Waals surface area contributed by atoms with E-state index in [0.29, 0.717) is 16.7 Å². The van der Waals surface area contributed by atoms with Gasteiger partial charge in [0.05, 0.1) is 11.1 Å². The van der Waals surface area contributed by atoms with Crippen molar-refractivity contribution in [3.63, 3.8) is 0 Å². The van der Waals surface area contributed by atoms with Crippen molar-refractivity contribution in [2.75, 3.05) is 0 Å². The van der Waals surface area contributed by atoms with Gasteiger partial charge >= 0.3 is 11.9 Å². The van der Waals surface area contributed by atoms with Gasteiger partial charge in [0, 0.05) is 0 Å². The minimum absolute atomic E-state index is 0.0863. The summed E-state index contributed by atoms with van der Waals surface area (Å²) in [6.45, 7) is 3.37. The van der Waals surface area contributed by atoms with Crippen LogP contribution in [0.5, 0.6) is 0 Å². The predicted octanol–water partition coefficient (Wildman–Crippen LogP) is 2.18. The minimum atomic E-state index is -0.530. The van der Waals surface area contributed by atoms with E-state index in [2.05, 4.69) is 0 Å². The molecule has 2 heterocycles. The summed E-state index contributed by atoms with van der Waals surface area (Å²) in [6.07, 6.45) is 1.43. The fourth-order valence-electron chi connectivity index (χ4n) is 1.45. The lowest BCUT2D eigenvalue weighted by Crippen LogP contribution is -2.08. The molecular weight excluding hydrogens is 208 g/mol. The second-order valence-corrected chi connectivity index (χ2v) is 3.42. The van der Waals surface area contributed by atoms with Crippen molar-refractivity contribution in [2.45, 2.75) is 13.8 Å². The molecule has 0 aromatic heterocycles. The van der Waals surface area contributed by atoms with Crippen LogP contribution in [-0.2, 0) is 9.47 Å².